The van der Waals surface area contributed by atoms with Crippen LogP contribution in [0.5, 0.6) is 0 Å². The minimum Gasteiger partial charge on any atom is -0.379 e. The molecule has 0 amide bonds. The lowest BCUT2D eigenvalue weighted by atomic mass is 9.67. The van der Waals surface area contributed by atoms with E-state index in [2.05, 4.69) is 0 Å². The van der Waals surface area contributed by atoms with Crippen molar-refractivity contribution in [1.29, 1.82) is 0 Å². The standard InChI is InChI=1S/C31H26O2/c32-30(24-14-5-1-6-15-24,25-16-7-2-8-17-25)28-22-13-23-29(28)31(33,26-18-9-3-10-19-26)27-20-11-4-12-21-27/h1-23,28,32-33H. The van der Waals surface area contributed by atoms with Crippen molar-refractivity contribution >= 4 is 0 Å². The normalized spacial score (nSPS) is 15.9. The van der Waals surface area contributed by atoms with Crippen LogP contribution in [0.25, 0.3) is 0 Å². The Morgan fingerprint density at radius 2 is 0.848 bits per heavy atom. The van der Waals surface area contributed by atoms with Gasteiger partial charge in [0, 0.05) is 5.92 Å². The fourth-order valence-electron chi connectivity index (χ4n) is 4.96. The monoisotopic (exact) mass is 430 g/mol. The van der Waals surface area contributed by atoms with Crippen LogP contribution in [0, 0.1) is 5.92 Å². The van der Waals surface area contributed by atoms with Crippen LogP contribution in [0.1, 0.15) is 22.3 Å². The van der Waals surface area contributed by atoms with Gasteiger partial charge in [0.05, 0.1) is 0 Å². The highest BCUT2D eigenvalue weighted by molar-refractivity contribution is 5.54. The lowest BCUT2D eigenvalue weighted by molar-refractivity contribution is 0.0267. The second kappa shape index (κ2) is 8.67. The minimum absolute atomic E-state index is 0.479. The van der Waals surface area contributed by atoms with Crippen LogP contribution in [-0.2, 0) is 11.2 Å². The highest BCUT2D eigenvalue weighted by atomic mass is 16.3. The lowest BCUT2D eigenvalue weighted by Gasteiger charge is -2.42. The molecule has 2 N–H and O–H groups in total. The molecule has 0 saturated carbocycles. The van der Waals surface area contributed by atoms with Gasteiger partial charge in [-0.1, -0.05) is 140 Å². The van der Waals surface area contributed by atoms with E-state index < -0.39 is 17.1 Å². The second-order valence-corrected chi connectivity index (χ2v) is 8.43. The Hall–Kier alpha value is -3.72. The molecule has 1 unspecified atom stereocenters. The number of allylic oxidation sites excluding steroid dienone is 2. The van der Waals surface area contributed by atoms with Gasteiger partial charge in [0.2, 0.25) is 0 Å². The molecule has 0 fully saturated rings. The maximum Gasteiger partial charge on any atom is 0.137 e. The molecule has 162 valence electrons. The van der Waals surface area contributed by atoms with Crippen LogP contribution in [0.15, 0.2) is 145 Å². The van der Waals surface area contributed by atoms with Crippen molar-refractivity contribution < 1.29 is 10.2 Å². The van der Waals surface area contributed by atoms with E-state index in [1.54, 1.807) is 0 Å². The SMILES string of the molecule is OC(C1=CC=CC1C(O)(c1ccccc1)c1ccccc1)(c1ccccc1)c1ccccc1. The average Bonchev–Trinajstić information content (AvgIpc) is 3.41. The summed E-state index contributed by atoms with van der Waals surface area (Å²) >= 11 is 0. The summed E-state index contributed by atoms with van der Waals surface area (Å²) in [7, 11) is 0. The molecule has 4 aromatic carbocycles. The maximum absolute atomic E-state index is 12.5. The van der Waals surface area contributed by atoms with Gasteiger partial charge >= 0.3 is 0 Å². The van der Waals surface area contributed by atoms with Crippen LogP contribution in [-0.4, -0.2) is 10.2 Å². The van der Waals surface area contributed by atoms with E-state index in [0.717, 1.165) is 27.8 Å². The second-order valence-electron chi connectivity index (χ2n) is 8.43. The summed E-state index contributed by atoms with van der Waals surface area (Å²) in [4.78, 5) is 0. The van der Waals surface area contributed by atoms with Crippen LogP contribution in [0.3, 0.4) is 0 Å². The van der Waals surface area contributed by atoms with Gasteiger partial charge in [0.15, 0.2) is 0 Å². The van der Waals surface area contributed by atoms with Crippen molar-refractivity contribution in [3.63, 3.8) is 0 Å². The Balaban J connectivity index is 1.73. The first-order valence-electron chi connectivity index (χ1n) is 11.2. The van der Waals surface area contributed by atoms with Crippen LogP contribution >= 0.6 is 0 Å². The average molecular weight is 431 g/mol. The summed E-state index contributed by atoms with van der Waals surface area (Å²) in [5.74, 6) is -0.479. The zero-order valence-electron chi connectivity index (χ0n) is 18.3. The quantitative estimate of drug-likeness (QED) is 0.396. The molecule has 1 aliphatic carbocycles. The summed E-state index contributed by atoms with van der Waals surface area (Å²) in [6, 6.07) is 38.8. The Kier molecular flexibility index (Phi) is 5.55. The zero-order chi connectivity index (χ0) is 22.7. The summed E-state index contributed by atoms with van der Waals surface area (Å²) in [6.07, 6.45) is 5.88. The first-order chi connectivity index (χ1) is 16.1. The van der Waals surface area contributed by atoms with Crippen molar-refractivity contribution in [2.75, 3.05) is 0 Å². The Morgan fingerprint density at radius 1 is 0.485 bits per heavy atom. The van der Waals surface area contributed by atoms with Gasteiger partial charge in [0.25, 0.3) is 0 Å². The van der Waals surface area contributed by atoms with Gasteiger partial charge < -0.3 is 10.2 Å². The summed E-state index contributed by atoms with van der Waals surface area (Å²) < 4.78 is 0. The smallest absolute Gasteiger partial charge is 0.137 e. The lowest BCUT2D eigenvalue weighted by Crippen LogP contribution is -2.42. The molecule has 1 atom stereocenters. The number of aliphatic hydroxyl groups is 2. The third kappa shape index (κ3) is 3.54. The van der Waals surface area contributed by atoms with Gasteiger partial charge in [-0.2, -0.15) is 0 Å². The number of hydrogen-bond donors (Lipinski definition) is 2. The van der Waals surface area contributed by atoms with Gasteiger partial charge in [-0.25, -0.2) is 0 Å². The third-order valence-corrected chi connectivity index (χ3v) is 6.59. The molecule has 0 bridgehead atoms. The Bertz CT molecular complexity index is 1180. The molecule has 33 heavy (non-hydrogen) atoms. The van der Waals surface area contributed by atoms with E-state index >= 15 is 0 Å². The van der Waals surface area contributed by atoms with Gasteiger partial charge in [-0.15, -0.1) is 0 Å². The molecule has 0 aromatic heterocycles. The summed E-state index contributed by atoms with van der Waals surface area (Å²) in [5, 5.41) is 24.9. The van der Waals surface area contributed by atoms with E-state index in [-0.39, 0.29) is 0 Å². The Morgan fingerprint density at radius 3 is 1.24 bits per heavy atom. The van der Waals surface area contributed by atoms with E-state index in [9.17, 15) is 10.2 Å². The largest absolute Gasteiger partial charge is 0.379 e. The fraction of sp³-hybridized carbons (Fsp3) is 0.0968. The van der Waals surface area contributed by atoms with Gasteiger partial charge in [0.1, 0.15) is 11.2 Å². The zero-order valence-corrected chi connectivity index (χ0v) is 18.3. The van der Waals surface area contributed by atoms with Crippen molar-refractivity contribution in [2.45, 2.75) is 11.2 Å². The molecular formula is C31H26O2. The van der Waals surface area contributed by atoms with Crippen molar-refractivity contribution in [3.05, 3.63) is 167 Å². The van der Waals surface area contributed by atoms with Crippen LogP contribution < -0.4 is 0 Å². The molecule has 1 aliphatic rings. The molecule has 2 heteroatoms. The minimum atomic E-state index is -1.41. The molecule has 0 heterocycles. The van der Waals surface area contributed by atoms with Crippen molar-refractivity contribution in [1.82, 2.24) is 0 Å². The topological polar surface area (TPSA) is 40.5 Å². The molecule has 0 radical (unpaired) electrons. The van der Waals surface area contributed by atoms with E-state index in [1.807, 2.05) is 140 Å². The van der Waals surface area contributed by atoms with Crippen LogP contribution in [0.2, 0.25) is 0 Å². The first-order valence-corrected chi connectivity index (χ1v) is 11.2. The van der Waals surface area contributed by atoms with Gasteiger partial charge in [-0.05, 0) is 27.8 Å². The van der Waals surface area contributed by atoms with E-state index in [4.69, 9.17) is 0 Å². The van der Waals surface area contributed by atoms with Crippen molar-refractivity contribution in [3.8, 4) is 0 Å². The predicted molar refractivity (Wildman–Crippen MR) is 132 cm³/mol. The molecule has 4 aromatic rings. The molecule has 0 spiro atoms. The molecular weight excluding hydrogens is 404 g/mol. The third-order valence-electron chi connectivity index (χ3n) is 6.59. The highest BCUT2D eigenvalue weighted by Crippen LogP contribution is 2.50. The molecule has 5 rings (SSSR count). The van der Waals surface area contributed by atoms with Crippen molar-refractivity contribution in [2.24, 2.45) is 5.92 Å². The molecule has 0 saturated heterocycles. The van der Waals surface area contributed by atoms with Crippen LogP contribution in [0.4, 0.5) is 0 Å². The van der Waals surface area contributed by atoms with E-state index in [1.165, 1.54) is 0 Å². The summed E-state index contributed by atoms with van der Waals surface area (Å²) in [5.41, 5.74) is 1.05. The highest BCUT2D eigenvalue weighted by Gasteiger charge is 2.49. The predicted octanol–water partition coefficient (Wildman–Crippen LogP) is 5.97. The molecule has 2 nitrogen and oxygen atoms in total. The maximum atomic E-state index is 12.5. The van der Waals surface area contributed by atoms with E-state index in [0.29, 0.717) is 0 Å². The van der Waals surface area contributed by atoms with Gasteiger partial charge in [-0.3, -0.25) is 0 Å². The summed E-state index contributed by atoms with van der Waals surface area (Å²) in [6.45, 7) is 0. The number of rotatable bonds is 6. The first kappa shape index (κ1) is 21.1. The fourth-order valence-corrected chi connectivity index (χ4v) is 4.96. The number of benzene rings is 4. The number of hydrogen-bond acceptors (Lipinski definition) is 2. The Labute approximate surface area is 194 Å². The molecule has 0 aliphatic heterocycles.